The fraction of sp³-hybridized carbons (Fsp3) is 0.619. The summed E-state index contributed by atoms with van der Waals surface area (Å²) in [4.78, 5) is 15.9. The van der Waals surface area contributed by atoms with Crippen molar-refractivity contribution >= 4 is 11.9 Å². The molecule has 1 atom stereocenters. The molecule has 1 aromatic rings. The third-order valence-electron chi connectivity index (χ3n) is 5.02. The fourth-order valence-corrected chi connectivity index (χ4v) is 2.86. The van der Waals surface area contributed by atoms with Crippen LogP contribution in [0.2, 0.25) is 0 Å². The molecule has 2 fully saturated rings. The van der Waals surface area contributed by atoms with E-state index in [2.05, 4.69) is 20.9 Å². The van der Waals surface area contributed by atoms with Gasteiger partial charge >= 0.3 is 0 Å². The number of hydrogen-bond donors (Lipinski definition) is 3. The van der Waals surface area contributed by atoms with Crippen LogP contribution in [0.15, 0.2) is 23.2 Å². The average Bonchev–Trinajstić information content (AvgIpc) is 3.58. The van der Waals surface area contributed by atoms with Crippen molar-refractivity contribution in [1.29, 1.82) is 0 Å². The summed E-state index contributed by atoms with van der Waals surface area (Å²) in [5.41, 5.74) is 0.822. The molecule has 0 bridgehead atoms. The third-order valence-corrected chi connectivity index (χ3v) is 5.02. The minimum atomic E-state index is -0.337. The highest BCUT2D eigenvalue weighted by Crippen LogP contribution is 2.30. The lowest BCUT2D eigenvalue weighted by Gasteiger charge is -2.19. The number of ether oxygens (including phenoxy) is 1. The zero-order chi connectivity index (χ0) is 19.9. The van der Waals surface area contributed by atoms with E-state index in [0.29, 0.717) is 43.2 Å². The number of guanidine groups is 1. The Hall–Kier alpha value is -2.31. The van der Waals surface area contributed by atoms with E-state index in [1.807, 2.05) is 13.0 Å². The second-order valence-corrected chi connectivity index (χ2v) is 7.75. The normalized spacial score (nSPS) is 17.8. The SMILES string of the molecule is CN=C(NCCCC(=O)NC1CC1)NC(C)c1ccc(OCC2CC2)c(F)c1. The Bertz CT molecular complexity index is 702. The molecule has 28 heavy (non-hydrogen) atoms. The van der Waals surface area contributed by atoms with E-state index >= 15 is 0 Å². The van der Waals surface area contributed by atoms with Gasteiger partial charge < -0.3 is 20.7 Å². The highest BCUT2D eigenvalue weighted by molar-refractivity contribution is 5.80. The molecule has 0 heterocycles. The maximum absolute atomic E-state index is 14.3. The van der Waals surface area contributed by atoms with Crippen molar-refractivity contribution in [3.63, 3.8) is 0 Å². The molecule has 0 aromatic heterocycles. The Morgan fingerprint density at radius 1 is 1.32 bits per heavy atom. The summed E-state index contributed by atoms with van der Waals surface area (Å²) in [5, 5.41) is 9.43. The largest absolute Gasteiger partial charge is 0.490 e. The van der Waals surface area contributed by atoms with Crippen molar-refractivity contribution < 1.29 is 13.9 Å². The van der Waals surface area contributed by atoms with Gasteiger partial charge in [-0.1, -0.05) is 6.07 Å². The van der Waals surface area contributed by atoms with Gasteiger partial charge in [-0.25, -0.2) is 4.39 Å². The van der Waals surface area contributed by atoms with Crippen LogP contribution in [-0.4, -0.2) is 38.1 Å². The second kappa shape index (κ2) is 9.75. The number of nitrogens with zero attached hydrogens (tertiary/aromatic N) is 1. The Balaban J connectivity index is 1.40. The van der Waals surface area contributed by atoms with Crippen molar-refractivity contribution in [3.8, 4) is 5.75 Å². The molecule has 1 unspecified atom stereocenters. The summed E-state index contributed by atoms with van der Waals surface area (Å²) in [6.45, 7) is 3.20. The van der Waals surface area contributed by atoms with Crippen molar-refractivity contribution in [2.24, 2.45) is 10.9 Å². The quantitative estimate of drug-likeness (QED) is 0.326. The highest BCUT2D eigenvalue weighted by Gasteiger charge is 2.23. The summed E-state index contributed by atoms with van der Waals surface area (Å²) in [5.74, 6) is 1.31. The lowest BCUT2D eigenvalue weighted by atomic mass is 10.1. The number of aliphatic imine (C=N–C) groups is 1. The molecule has 3 N–H and O–H groups in total. The first-order valence-corrected chi connectivity index (χ1v) is 10.2. The van der Waals surface area contributed by atoms with E-state index in [0.717, 1.165) is 24.8 Å². The van der Waals surface area contributed by atoms with Crippen molar-refractivity contribution in [3.05, 3.63) is 29.6 Å². The molecule has 0 saturated heterocycles. The first kappa shape index (κ1) is 20.4. The van der Waals surface area contributed by atoms with Gasteiger partial charge in [-0.15, -0.1) is 0 Å². The van der Waals surface area contributed by atoms with Gasteiger partial charge in [-0.2, -0.15) is 0 Å². The molecule has 1 aromatic carbocycles. The molecule has 0 spiro atoms. The van der Waals surface area contributed by atoms with Crippen molar-refractivity contribution in [2.45, 2.75) is 57.5 Å². The van der Waals surface area contributed by atoms with Gasteiger partial charge in [0.05, 0.1) is 12.6 Å². The standard InChI is InChI=1S/C21H31FN4O2/c1-14(16-7-10-19(18(22)12-16)28-13-15-5-6-15)25-21(23-2)24-11-3-4-20(27)26-17-8-9-17/h7,10,12,14-15,17H,3-6,8-9,11,13H2,1-2H3,(H,26,27)(H2,23,24,25). The molecule has 0 radical (unpaired) electrons. The molecule has 3 rings (SSSR count). The van der Waals surface area contributed by atoms with Gasteiger partial charge in [0.15, 0.2) is 17.5 Å². The number of hydrogen-bond acceptors (Lipinski definition) is 3. The number of halogens is 1. The predicted octanol–water partition coefficient (Wildman–Crippen LogP) is 2.90. The first-order valence-electron chi connectivity index (χ1n) is 10.2. The van der Waals surface area contributed by atoms with Crippen molar-refractivity contribution in [1.82, 2.24) is 16.0 Å². The number of amides is 1. The smallest absolute Gasteiger partial charge is 0.220 e. The molecule has 2 aliphatic rings. The molecular weight excluding hydrogens is 359 g/mol. The molecular formula is C21H31FN4O2. The Labute approximate surface area is 166 Å². The summed E-state index contributed by atoms with van der Waals surface area (Å²) >= 11 is 0. The van der Waals surface area contributed by atoms with E-state index in [-0.39, 0.29) is 17.8 Å². The maximum atomic E-state index is 14.3. The van der Waals surface area contributed by atoms with Crippen LogP contribution in [0.25, 0.3) is 0 Å². The van der Waals surface area contributed by atoms with E-state index in [4.69, 9.17) is 4.74 Å². The molecule has 6 nitrogen and oxygen atoms in total. The minimum Gasteiger partial charge on any atom is -0.490 e. The molecule has 0 aliphatic heterocycles. The zero-order valence-electron chi connectivity index (χ0n) is 16.8. The molecule has 1 amide bonds. The minimum absolute atomic E-state index is 0.111. The van der Waals surface area contributed by atoms with Crippen LogP contribution in [-0.2, 0) is 4.79 Å². The molecule has 2 aliphatic carbocycles. The third kappa shape index (κ3) is 6.69. The highest BCUT2D eigenvalue weighted by atomic mass is 19.1. The van der Waals surface area contributed by atoms with Crippen LogP contribution in [0.4, 0.5) is 4.39 Å². The summed E-state index contributed by atoms with van der Waals surface area (Å²) < 4.78 is 19.8. The monoisotopic (exact) mass is 390 g/mol. The van der Waals surface area contributed by atoms with E-state index < -0.39 is 0 Å². The van der Waals surface area contributed by atoms with E-state index in [1.54, 1.807) is 13.1 Å². The first-order chi connectivity index (χ1) is 13.5. The lowest BCUT2D eigenvalue weighted by molar-refractivity contribution is -0.121. The number of benzene rings is 1. The Morgan fingerprint density at radius 3 is 2.75 bits per heavy atom. The van der Waals surface area contributed by atoms with Crippen LogP contribution in [0.1, 0.15) is 57.1 Å². The number of carbonyl (C=O) groups excluding carboxylic acids is 1. The zero-order valence-corrected chi connectivity index (χ0v) is 16.8. The van der Waals surface area contributed by atoms with E-state index in [1.165, 1.54) is 18.9 Å². The fourth-order valence-electron chi connectivity index (χ4n) is 2.86. The van der Waals surface area contributed by atoms with Crippen LogP contribution in [0, 0.1) is 11.7 Å². The van der Waals surface area contributed by atoms with Crippen LogP contribution < -0.4 is 20.7 Å². The number of carbonyl (C=O) groups is 1. The molecule has 2 saturated carbocycles. The summed E-state index contributed by atoms with van der Waals surface area (Å²) in [6.07, 6.45) is 5.80. The topological polar surface area (TPSA) is 74.8 Å². The van der Waals surface area contributed by atoms with Gasteiger partial charge in [0.2, 0.25) is 5.91 Å². The van der Waals surface area contributed by atoms with Gasteiger partial charge in [-0.3, -0.25) is 9.79 Å². The Kier molecular flexibility index (Phi) is 7.12. The van der Waals surface area contributed by atoms with E-state index in [9.17, 15) is 9.18 Å². The van der Waals surface area contributed by atoms with Crippen LogP contribution >= 0.6 is 0 Å². The van der Waals surface area contributed by atoms with Crippen LogP contribution in [0.5, 0.6) is 5.75 Å². The average molecular weight is 391 g/mol. The lowest BCUT2D eigenvalue weighted by Crippen LogP contribution is -2.39. The number of nitrogens with one attached hydrogen (secondary N) is 3. The maximum Gasteiger partial charge on any atom is 0.220 e. The van der Waals surface area contributed by atoms with Gasteiger partial charge in [-0.05, 0) is 62.6 Å². The van der Waals surface area contributed by atoms with Crippen LogP contribution in [0.3, 0.4) is 0 Å². The van der Waals surface area contributed by atoms with Gasteiger partial charge in [0, 0.05) is 26.1 Å². The molecule has 7 heteroatoms. The molecule has 154 valence electrons. The summed E-state index contributed by atoms with van der Waals surface area (Å²) in [7, 11) is 1.69. The number of rotatable bonds is 10. The van der Waals surface area contributed by atoms with Gasteiger partial charge in [0.25, 0.3) is 0 Å². The second-order valence-electron chi connectivity index (χ2n) is 7.75. The van der Waals surface area contributed by atoms with Gasteiger partial charge in [0.1, 0.15) is 0 Å². The van der Waals surface area contributed by atoms with Crippen molar-refractivity contribution in [2.75, 3.05) is 20.2 Å². The predicted molar refractivity (Wildman–Crippen MR) is 108 cm³/mol. The Morgan fingerprint density at radius 2 is 2.11 bits per heavy atom. The summed E-state index contributed by atoms with van der Waals surface area (Å²) in [6, 6.07) is 5.37.